The fourth-order valence-electron chi connectivity index (χ4n) is 3.93. The molecule has 1 saturated carbocycles. The number of pyridine rings is 1. The first-order valence-corrected chi connectivity index (χ1v) is 7.65. The number of nitrogens with one attached hydrogen (secondary N) is 1. The van der Waals surface area contributed by atoms with E-state index in [0.717, 1.165) is 18.5 Å². The van der Waals surface area contributed by atoms with Crippen LogP contribution in [0.2, 0.25) is 0 Å². The lowest BCUT2D eigenvalue weighted by molar-refractivity contribution is -0.122. The second-order valence-electron chi connectivity index (χ2n) is 7.94. The Morgan fingerprint density at radius 1 is 1.29 bits per heavy atom. The van der Waals surface area contributed by atoms with Crippen molar-refractivity contribution in [2.75, 3.05) is 5.73 Å². The molecule has 0 bridgehead atoms. The number of hydrogen-bond donors (Lipinski definition) is 2. The van der Waals surface area contributed by atoms with Gasteiger partial charge in [-0.2, -0.15) is 0 Å². The number of rotatable bonds is 3. The van der Waals surface area contributed by atoms with Crippen LogP contribution in [0.15, 0.2) is 18.3 Å². The molecule has 3 N–H and O–H groups in total. The zero-order valence-corrected chi connectivity index (χ0v) is 13.6. The van der Waals surface area contributed by atoms with E-state index in [4.69, 9.17) is 5.73 Å². The number of nitrogens with zero attached hydrogens (tertiary/aromatic N) is 1. The van der Waals surface area contributed by atoms with Gasteiger partial charge < -0.3 is 11.1 Å². The van der Waals surface area contributed by atoms with E-state index in [0.29, 0.717) is 12.1 Å². The van der Waals surface area contributed by atoms with Gasteiger partial charge in [-0.3, -0.25) is 9.78 Å². The van der Waals surface area contributed by atoms with Crippen LogP contribution < -0.4 is 11.1 Å². The summed E-state index contributed by atoms with van der Waals surface area (Å²) in [5.74, 6) is 0.0470. The molecule has 0 radical (unpaired) electrons. The molecule has 0 saturated heterocycles. The average molecular weight is 289 g/mol. The summed E-state index contributed by atoms with van der Waals surface area (Å²) in [5, 5.41) is 3.18. The Hall–Kier alpha value is -1.58. The monoisotopic (exact) mass is 289 g/mol. The SMILES string of the molecule is CC1(C)CC(NC(=O)Cc2ccc(N)cn2)CC(C)(C)C1. The van der Waals surface area contributed by atoms with Crippen LogP contribution in [0.25, 0.3) is 0 Å². The second-order valence-corrected chi connectivity index (χ2v) is 7.94. The first kappa shape index (κ1) is 15.8. The number of anilines is 1. The lowest BCUT2D eigenvalue weighted by Crippen LogP contribution is -2.46. The molecule has 1 fully saturated rings. The fourth-order valence-corrected chi connectivity index (χ4v) is 3.93. The molecule has 0 aromatic carbocycles. The van der Waals surface area contributed by atoms with Gasteiger partial charge >= 0.3 is 0 Å². The molecule has 1 heterocycles. The molecule has 2 rings (SSSR count). The highest BCUT2D eigenvalue weighted by Crippen LogP contribution is 2.45. The lowest BCUT2D eigenvalue weighted by atomic mass is 9.63. The highest BCUT2D eigenvalue weighted by atomic mass is 16.1. The summed E-state index contributed by atoms with van der Waals surface area (Å²) in [7, 11) is 0. The van der Waals surface area contributed by atoms with Gasteiger partial charge in [0.05, 0.1) is 18.3 Å². The van der Waals surface area contributed by atoms with E-state index in [1.165, 1.54) is 6.42 Å². The zero-order chi connectivity index (χ0) is 15.7. The van der Waals surface area contributed by atoms with Crippen LogP contribution in [0.3, 0.4) is 0 Å². The van der Waals surface area contributed by atoms with Gasteiger partial charge in [0.15, 0.2) is 0 Å². The number of carbonyl (C=O) groups is 1. The van der Waals surface area contributed by atoms with Gasteiger partial charge in [0.25, 0.3) is 0 Å². The minimum Gasteiger partial charge on any atom is -0.397 e. The summed E-state index contributed by atoms with van der Waals surface area (Å²) in [6, 6.07) is 3.84. The van der Waals surface area contributed by atoms with Gasteiger partial charge in [-0.15, -0.1) is 0 Å². The van der Waals surface area contributed by atoms with Crippen molar-refractivity contribution in [3.63, 3.8) is 0 Å². The molecule has 4 nitrogen and oxygen atoms in total. The number of nitrogen functional groups attached to an aromatic ring is 1. The van der Waals surface area contributed by atoms with Crippen molar-refractivity contribution in [3.05, 3.63) is 24.0 Å². The molecule has 1 amide bonds. The fraction of sp³-hybridized carbons (Fsp3) is 0.647. The summed E-state index contributed by atoms with van der Waals surface area (Å²) < 4.78 is 0. The van der Waals surface area contributed by atoms with E-state index in [1.807, 2.05) is 6.07 Å². The summed E-state index contributed by atoms with van der Waals surface area (Å²) >= 11 is 0. The predicted molar refractivity (Wildman–Crippen MR) is 85.7 cm³/mol. The molecule has 0 unspecified atom stereocenters. The van der Waals surface area contributed by atoms with E-state index in [1.54, 1.807) is 12.3 Å². The number of aromatic nitrogens is 1. The molecule has 116 valence electrons. The van der Waals surface area contributed by atoms with Gasteiger partial charge in [0.2, 0.25) is 5.91 Å². The quantitative estimate of drug-likeness (QED) is 0.899. The lowest BCUT2D eigenvalue weighted by Gasteiger charge is -2.45. The van der Waals surface area contributed by atoms with E-state index in [-0.39, 0.29) is 22.8 Å². The number of carbonyl (C=O) groups excluding carboxylic acids is 1. The third-order valence-electron chi connectivity index (χ3n) is 4.11. The molecule has 1 aliphatic carbocycles. The van der Waals surface area contributed by atoms with Gasteiger partial charge in [-0.05, 0) is 42.2 Å². The largest absolute Gasteiger partial charge is 0.397 e. The molecule has 4 heteroatoms. The summed E-state index contributed by atoms with van der Waals surface area (Å²) in [4.78, 5) is 16.4. The topological polar surface area (TPSA) is 68.0 Å². The molecular formula is C17H27N3O. The Balaban J connectivity index is 1.94. The Kier molecular flexibility index (Phi) is 4.26. The first-order valence-electron chi connectivity index (χ1n) is 7.65. The van der Waals surface area contributed by atoms with Gasteiger partial charge in [0.1, 0.15) is 0 Å². The Labute approximate surface area is 127 Å². The van der Waals surface area contributed by atoms with Crippen molar-refractivity contribution in [1.82, 2.24) is 10.3 Å². The average Bonchev–Trinajstić information content (AvgIpc) is 2.27. The molecule has 1 aromatic heterocycles. The van der Waals surface area contributed by atoms with Crippen LogP contribution in [0.4, 0.5) is 5.69 Å². The van der Waals surface area contributed by atoms with Crippen LogP contribution in [0.1, 0.15) is 52.7 Å². The van der Waals surface area contributed by atoms with Crippen molar-refractivity contribution in [2.24, 2.45) is 10.8 Å². The molecule has 0 aliphatic heterocycles. The smallest absolute Gasteiger partial charge is 0.226 e. The van der Waals surface area contributed by atoms with Gasteiger partial charge in [-0.25, -0.2) is 0 Å². The van der Waals surface area contributed by atoms with Crippen molar-refractivity contribution in [3.8, 4) is 0 Å². The first-order chi connectivity index (χ1) is 9.65. The van der Waals surface area contributed by atoms with Crippen LogP contribution in [0, 0.1) is 10.8 Å². The second kappa shape index (κ2) is 5.66. The molecular weight excluding hydrogens is 262 g/mol. The molecule has 0 atom stereocenters. The minimum atomic E-state index is 0.0470. The summed E-state index contributed by atoms with van der Waals surface area (Å²) in [6.45, 7) is 9.15. The highest BCUT2D eigenvalue weighted by Gasteiger charge is 2.38. The number of nitrogens with two attached hydrogens (primary N) is 1. The van der Waals surface area contributed by atoms with E-state index in [9.17, 15) is 4.79 Å². The molecule has 1 aliphatic rings. The maximum absolute atomic E-state index is 12.2. The normalized spacial score (nSPS) is 21.0. The van der Waals surface area contributed by atoms with Crippen LogP contribution in [-0.4, -0.2) is 16.9 Å². The van der Waals surface area contributed by atoms with Crippen LogP contribution in [-0.2, 0) is 11.2 Å². The van der Waals surface area contributed by atoms with E-state index in [2.05, 4.69) is 38.0 Å². The highest BCUT2D eigenvalue weighted by molar-refractivity contribution is 5.78. The number of hydrogen-bond acceptors (Lipinski definition) is 3. The Bertz CT molecular complexity index is 489. The molecule has 0 spiro atoms. The summed E-state index contributed by atoms with van der Waals surface area (Å²) in [6.07, 6.45) is 5.19. The van der Waals surface area contributed by atoms with Crippen molar-refractivity contribution in [1.29, 1.82) is 0 Å². The van der Waals surface area contributed by atoms with Crippen molar-refractivity contribution in [2.45, 2.75) is 59.4 Å². The third kappa shape index (κ3) is 4.73. The van der Waals surface area contributed by atoms with E-state index < -0.39 is 0 Å². The van der Waals surface area contributed by atoms with Crippen LogP contribution in [0.5, 0.6) is 0 Å². The standard InChI is InChI=1S/C17H27N3O/c1-16(2)8-14(9-17(3,4)11-16)20-15(21)7-13-6-5-12(18)10-19-13/h5-6,10,14H,7-9,11,18H2,1-4H3,(H,20,21). The van der Waals surface area contributed by atoms with Crippen LogP contribution >= 0.6 is 0 Å². The van der Waals surface area contributed by atoms with Gasteiger partial charge in [0, 0.05) is 11.7 Å². The Morgan fingerprint density at radius 2 is 1.90 bits per heavy atom. The Morgan fingerprint density at radius 3 is 2.43 bits per heavy atom. The molecule has 1 aromatic rings. The van der Waals surface area contributed by atoms with E-state index >= 15 is 0 Å². The predicted octanol–water partition coefficient (Wildman–Crippen LogP) is 2.93. The van der Waals surface area contributed by atoms with Crippen molar-refractivity contribution < 1.29 is 4.79 Å². The zero-order valence-electron chi connectivity index (χ0n) is 13.6. The van der Waals surface area contributed by atoms with Crippen molar-refractivity contribution >= 4 is 11.6 Å². The minimum absolute atomic E-state index is 0.0470. The van der Waals surface area contributed by atoms with Gasteiger partial charge in [-0.1, -0.05) is 27.7 Å². The third-order valence-corrected chi connectivity index (χ3v) is 4.11. The molecule has 21 heavy (non-hydrogen) atoms. The summed E-state index contributed by atoms with van der Waals surface area (Å²) in [5.41, 5.74) is 7.54. The maximum atomic E-state index is 12.2. The number of amides is 1. The maximum Gasteiger partial charge on any atom is 0.226 e.